The maximum absolute atomic E-state index is 10.9. The highest BCUT2D eigenvalue weighted by Crippen LogP contribution is 2.21. The first-order valence-electron chi connectivity index (χ1n) is 4.73. The van der Waals surface area contributed by atoms with E-state index in [1.807, 2.05) is 0 Å². The van der Waals surface area contributed by atoms with Crippen LogP contribution in [0.4, 0.5) is 0 Å². The van der Waals surface area contributed by atoms with Crippen LogP contribution in [0, 0.1) is 6.92 Å². The van der Waals surface area contributed by atoms with Crippen molar-refractivity contribution in [2.45, 2.75) is 19.1 Å². The van der Waals surface area contributed by atoms with Gasteiger partial charge < -0.3 is 15.3 Å². The first-order valence-corrected chi connectivity index (χ1v) is 5.26. The van der Waals surface area contributed by atoms with Crippen LogP contribution in [-0.2, 0) is 0 Å². The second-order valence-corrected chi connectivity index (χ2v) is 3.85. The SMILES string of the molecule is Cc1ccc(C(O)C(O)CCl)cc1C(=O)O. The molecule has 88 valence electrons. The summed E-state index contributed by atoms with van der Waals surface area (Å²) >= 11 is 5.40. The van der Waals surface area contributed by atoms with E-state index in [2.05, 4.69) is 0 Å². The summed E-state index contributed by atoms with van der Waals surface area (Å²) in [6, 6.07) is 4.50. The molecule has 4 nitrogen and oxygen atoms in total. The highest BCUT2D eigenvalue weighted by Gasteiger charge is 2.19. The van der Waals surface area contributed by atoms with E-state index in [1.165, 1.54) is 6.07 Å². The Hall–Kier alpha value is -1.10. The Morgan fingerprint density at radius 3 is 2.56 bits per heavy atom. The standard InChI is InChI=1S/C11H13ClO4/c1-6-2-3-7(4-8(6)11(15)16)10(14)9(13)5-12/h2-4,9-10,13-14H,5H2,1H3,(H,15,16). The van der Waals surface area contributed by atoms with E-state index in [0.29, 0.717) is 11.1 Å². The summed E-state index contributed by atoms with van der Waals surface area (Å²) in [6.07, 6.45) is -2.28. The zero-order chi connectivity index (χ0) is 12.3. The van der Waals surface area contributed by atoms with Crippen LogP contribution in [-0.4, -0.2) is 33.3 Å². The molecule has 2 unspecified atom stereocenters. The van der Waals surface area contributed by atoms with Gasteiger partial charge in [0.2, 0.25) is 0 Å². The van der Waals surface area contributed by atoms with E-state index in [9.17, 15) is 15.0 Å². The van der Waals surface area contributed by atoms with Crippen molar-refractivity contribution in [3.8, 4) is 0 Å². The highest BCUT2D eigenvalue weighted by atomic mass is 35.5. The van der Waals surface area contributed by atoms with Gasteiger partial charge in [0.25, 0.3) is 0 Å². The Kier molecular flexibility index (Phi) is 4.29. The molecule has 0 amide bonds. The number of hydrogen-bond acceptors (Lipinski definition) is 3. The third kappa shape index (κ3) is 2.72. The molecule has 1 aromatic carbocycles. The minimum atomic E-state index is -1.17. The predicted molar refractivity (Wildman–Crippen MR) is 59.8 cm³/mol. The number of rotatable bonds is 4. The minimum absolute atomic E-state index is 0.110. The van der Waals surface area contributed by atoms with Gasteiger partial charge in [-0.25, -0.2) is 4.79 Å². The van der Waals surface area contributed by atoms with Gasteiger partial charge in [-0.1, -0.05) is 12.1 Å². The molecule has 0 spiro atoms. The molecule has 3 N–H and O–H groups in total. The molecule has 0 bridgehead atoms. The molecule has 16 heavy (non-hydrogen) atoms. The van der Waals surface area contributed by atoms with Crippen LogP contribution in [0.25, 0.3) is 0 Å². The molecule has 5 heteroatoms. The molecule has 0 saturated carbocycles. The number of aliphatic hydroxyl groups is 2. The van der Waals surface area contributed by atoms with Gasteiger partial charge in [0.15, 0.2) is 0 Å². The molecule has 0 radical (unpaired) electrons. The van der Waals surface area contributed by atoms with E-state index in [0.717, 1.165) is 0 Å². The number of carboxylic acids is 1. The topological polar surface area (TPSA) is 77.8 Å². The lowest BCUT2D eigenvalue weighted by molar-refractivity contribution is 0.0326. The van der Waals surface area contributed by atoms with Crippen molar-refractivity contribution in [1.29, 1.82) is 0 Å². The van der Waals surface area contributed by atoms with Crippen molar-refractivity contribution in [3.05, 3.63) is 34.9 Å². The molecule has 0 aromatic heterocycles. The zero-order valence-electron chi connectivity index (χ0n) is 8.72. The summed E-state index contributed by atoms with van der Waals surface area (Å²) in [5.74, 6) is -1.18. The number of benzene rings is 1. The lowest BCUT2D eigenvalue weighted by Crippen LogP contribution is -2.20. The van der Waals surface area contributed by atoms with E-state index in [1.54, 1.807) is 19.1 Å². The fraction of sp³-hybridized carbons (Fsp3) is 0.364. The van der Waals surface area contributed by atoms with E-state index in [4.69, 9.17) is 16.7 Å². The Balaban J connectivity index is 3.07. The Morgan fingerprint density at radius 2 is 2.06 bits per heavy atom. The van der Waals surface area contributed by atoms with Gasteiger partial charge in [-0.3, -0.25) is 0 Å². The van der Waals surface area contributed by atoms with Crippen molar-refractivity contribution in [2.75, 3.05) is 5.88 Å². The number of carbonyl (C=O) groups is 1. The lowest BCUT2D eigenvalue weighted by Gasteiger charge is -2.16. The molecule has 0 aliphatic heterocycles. The Morgan fingerprint density at radius 1 is 1.44 bits per heavy atom. The second-order valence-electron chi connectivity index (χ2n) is 3.55. The summed E-state index contributed by atoms with van der Waals surface area (Å²) in [4.78, 5) is 10.9. The predicted octanol–water partition coefficient (Wildman–Crippen LogP) is 1.33. The van der Waals surface area contributed by atoms with Gasteiger partial charge in [-0.15, -0.1) is 11.6 Å². The Bertz CT molecular complexity index is 392. The van der Waals surface area contributed by atoms with Crippen LogP contribution in [0.5, 0.6) is 0 Å². The Labute approximate surface area is 98.1 Å². The van der Waals surface area contributed by atoms with Gasteiger partial charge in [0.05, 0.1) is 17.5 Å². The van der Waals surface area contributed by atoms with E-state index < -0.39 is 18.2 Å². The molecule has 0 aliphatic carbocycles. The minimum Gasteiger partial charge on any atom is -0.478 e. The maximum Gasteiger partial charge on any atom is 0.335 e. The van der Waals surface area contributed by atoms with Crippen LogP contribution < -0.4 is 0 Å². The number of aromatic carboxylic acids is 1. The van der Waals surface area contributed by atoms with Gasteiger partial charge in [-0.2, -0.15) is 0 Å². The molecule has 1 aromatic rings. The summed E-state index contributed by atoms with van der Waals surface area (Å²) in [5, 5.41) is 27.9. The number of hydrogen-bond donors (Lipinski definition) is 3. The van der Waals surface area contributed by atoms with Crippen molar-refractivity contribution in [1.82, 2.24) is 0 Å². The quantitative estimate of drug-likeness (QED) is 0.699. The van der Waals surface area contributed by atoms with Gasteiger partial charge in [0, 0.05) is 0 Å². The van der Waals surface area contributed by atoms with Crippen molar-refractivity contribution >= 4 is 17.6 Å². The van der Waals surface area contributed by atoms with Crippen LogP contribution in [0.3, 0.4) is 0 Å². The number of carboxylic acid groups (broad SMARTS) is 1. The largest absolute Gasteiger partial charge is 0.478 e. The van der Waals surface area contributed by atoms with Crippen molar-refractivity contribution in [3.63, 3.8) is 0 Å². The van der Waals surface area contributed by atoms with Crippen LogP contribution in [0.15, 0.2) is 18.2 Å². The second kappa shape index (κ2) is 5.30. The first kappa shape index (κ1) is 13.0. The smallest absolute Gasteiger partial charge is 0.335 e. The van der Waals surface area contributed by atoms with E-state index in [-0.39, 0.29) is 11.4 Å². The molecule has 2 atom stereocenters. The number of aliphatic hydroxyl groups excluding tert-OH is 2. The van der Waals surface area contributed by atoms with Crippen LogP contribution in [0.1, 0.15) is 27.6 Å². The average molecular weight is 245 g/mol. The summed E-state index contributed by atoms with van der Waals surface area (Å²) in [5.41, 5.74) is 1.05. The van der Waals surface area contributed by atoms with Crippen molar-refractivity contribution < 1.29 is 20.1 Å². The molecular formula is C11H13ClO4. The number of alkyl halides is 1. The maximum atomic E-state index is 10.9. The molecular weight excluding hydrogens is 232 g/mol. The molecule has 0 saturated heterocycles. The third-order valence-electron chi connectivity index (χ3n) is 2.36. The lowest BCUT2D eigenvalue weighted by atomic mass is 9.99. The van der Waals surface area contributed by atoms with Crippen molar-refractivity contribution in [2.24, 2.45) is 0 Å². The number of halogens is 1. The van der Waals surface area contributed by atoms with E-state index >= 15 is 0 Å². The molecule has 0 aliphatic rings. The van der Waals surface area contributed by atoms with Crippen LogP contribution >= 0.6 is 11.6 Å². The monoisotopic (exact) mass is 244 g/mol. The molecule has 1 rings (SSSR count). The molecule has 0 fully saturated rings. The summed E-state index contributed by atoms with van der Waals surface area (Å²) < 4.78 is 0. The van der Waals surface area contributed by atoms with Crippen LogP contribution in [0.2, 0.25) is 0 Å². The van der Waals surface area contributed by atoms with Gasteiger partial charge >= 0.3 is 5.97 Å². The third-order valence-corrected chi connectivity index (χ3v) is 2.67. The highest BCUT2D eigenvalue weighted by molar-refractivity contribution is 6.18. The molecule has 0 heterocycles. The normalized spacial score (nSPS) is 14.5. The summed E-state index contributed by atoms with van der Waals surface area (Å²) in [7, 11) is 0. The fourth-order valence-corrected chi connectivity index (χ4v) is 1.53. The van der Waals surface area contributed by atoms with Gasteiger partial charge in [0.1, 0.15) is 6.10 Å². The summed E-state index contributed by atoms with van der Waals surface area (Å²) in [6.45, 7) is 1.66. The number of aryl methyl sites for hydroxylation is 1. The average Bonchev–Trinajstić information content (AvgIpc) is 2.27. The first-order chi connectivity index (χ1) is 7.47. The fourth-order valence-electron chi connectivity index (χ4n) is 1.36. The van der Waals surface area contributed by atoms with Gasteiger partial charge in [-0.05, 0) is 24.1 Å². The zero-order valence-corrected chi connectivity index (χ0v) is 9.48.